The summed E-state index contributed by atoms with van der Waals surface area (Å²) >= 11 is 1.75. The zero-order valence-corrected chi connectivity index (χ0v) is 10.9. The van der Waals surface area contributed by atoms with Gasteiger partial charge in [-0.3, -0.25) is 5.01 Å². The van der Waals surface area contributed by atoms with Gasteiger partial charge in [-0.25, -0.2) is 0 Å². The Morgan fingerprint density at radius 3 is 2.83 bits per heavy atom. The first-order valence-electron chi connectivity index (χ1n) is 5.88. The van der Waals surface area contributed by atoms with Crippen molar-refractivity contribution in [3.05, 3.63) is 52.2 Å². The van der Waals surface area contributed by atoms with Gasteiger partial charge in [0, 0.05) is 23.9 Å². The number of para-hydroxylation sites is 1. The molecule has 3 nitrogen and oxygen atoms in total. The highest BCUT2D eigenvalue weighted by Gasteiger charge is 2.27. The summed E-state index contributed by atoms with van der Waals surface area (Å²) in [5.74, 6) is 0.302. The topological polar surface area (TPSA) is 35.8 Å². The lowest BCUT2D eigenvalue weighted by atomic mass is 10.0. The number of phenols is 1. The third kappa shape index (κ3) is 1.88. The van der Waals surface area contributed by atoms with Gasteiger partial charge in [0.15, 0.2) is 0 Å². The minimum absolute atomic E-state index is 0.291. The summed E-state index contributed by atoms with van der Waals surface area (Å²) < 4.78 is 0. The molecule has 1 unspecified atom stereocenters. The molecule has 0 radical (unpaired) electrons. The van der Waals surface area contributed by atoms with Gasteiger partial charge in [-0.1, -0.05) is 18.2 Å². The summed E-state index contributed by atoms with van der Waals surface area (Å²) in [7, 11) is 1.98. The molecule has 2 aromatic rings. The molecule has 1 aromatic heterocycles. The minimum atomic E-state index is 0.291. The number of hydrazone groups is 1. The van der Waals surface area contributed by atoms with Gasteiger partial charge in [-0.05, 0) is 23.6 Å². The summed E-state index contributed by atoms with van der Waals surface area (Å²) in [6, 6.07) is 11.9. The number of thiophene rings is 1. The molecule has 4 heteroatoms. The van der Waals surface area contributed by atoms with Crippen molar-refractivity contribution in [3.63, 3.8) is 0 Å². The first-order valence-corrected chi connectivity index (χ1v) is 6.76. The molecule has 0 spiro atoms. The minimum Gasteiger partial charge on any atom is -0.507 e. The highest BCUT2D eigenvalue weighted by Crippen LogP contribution is 2.35. The van der Waals surface area contributed by atoms with E-state index in [1.54, 1.807) is 17.4 Å². The van der Waals surface area contributed by atoms with Crippen molar-refractivity contribution < 1.29 is 5.11 Å². The van der Waals surface area contributed by atoms with Crippen LogP contribution in [-0.4, -0.2) is 22.9 Å². The summed E-state index contributed by atoms with van der Waals surface area (Å²) in [5, 5.41) is 18.5. The number of phenolic OH excluding ortho intramolecular Hbond substituents is 1. The number of benzene rings is 1. The van der Waals surface area contributed by atoms with E-state index >= 15 is 0 Å². The number of aromatic hydroxyl groups is 1. The van der Waals surface area contributed by atoms with Crippen LogP contribution in [-0.2, 0) is 0 Å². The van der Waals surface area contributed by atoms with E-state index in [1.165, 1.54) is 4.88 Å². The molecule has 2 heterocycles. The fraction of sp³-hybridized carbons (Fsp3) is 0.214. The second kappa shape index (κ2) is 4.46. The maximum Gasteiger partial charge on any atom is 0.124 e. The van der Waals surface area contributed by atoms with Gasteiger partial charge in [0.1, 0.15) is 5.75 Å². The van der Waals surface area contributed by atoms with Gasteiger partial charge in [-0.15, -0.1) is 11.3 Å². The van der Waals surface area contributed by atoms with Crippen LogP contribution in [0.1, 0.15) is 22.9 Å². The van der Waals surface area contributed by atoms with Crippen molar-refractivity contribution in [3.8, 4) is 5.75 Å². The second-order valence-electron chi connectivity index (χ2n) is 4.37. The Bertz CT molecular complexity index is 577. The number of hydrogen-bond donors (Lipinski definition) is 1. The molecule has 92 valence electrons. The molecule has 1 aliphatic heterocycles. The molecule has 0 bridgehead atoms. The van der Waals surface area contributed by atoms with E-state index in [1.807, 2.05) is 30.3 Å². The molecule has 1 aliphatic rings. The van der Waals surface area contributed by atoms with Crippen LogP contribution in [0, 0.1) is 0 Å². The Balaban J connectivity index is 1.89. The number of hydrogen-bond acceptors (Lipinski definition) is 4. The molecule has 0 aliphatic carbocycles. The van der Waals surface area contributed by atoms with Crippen molar-refractivity contribution in [2.45, 2.75) is 12.5 Å². The van der Waals surface area contributed by atoms with Crippen molar-refractivity contribution in [1.82, 2.24) is 5.01 Å². The largest absolute Gasteiger partial charge is 0.507 e. The average molecular weight is 258 g/mol. The van der Waals surface area contributed by atoms with Gasteiger partial charge in [0.05, 0.1) is 11.8 Å². The van der Waals surface area contributed by atoms with Crippen LogP contribution in [0.25, 0.3) is 0 Å². The SMILES string of the molecule is CN1N=C(c2ccccc2O)CC1c1cccs1. The van der Waals surface area contributed by atoms with E-state index in [0.29, 0.717) is 11.8 Å². The standard InChI is InChI=1S/C14H14N2OS/c1-16-12(14-7-4-8-18-14)9-11(15-16)10-5-2-3-6-13(10)17/h2-8,12,17H,9H2,1H3. The van der Waals surface area contributed by atoms with E-state index in [-0.39, 0.29) is 0 Å². The summed E-state index contributed by atoms with van der Waals surface area (Å²) in [5.41, 5.74) is 1.79. The lowest BCUT2D eigenvalue weighted by Gasteiger charge is -2.16. The fourth-order valence-electron chi connectivity index (χ4n) is 2.26. The number of rotatable bonds is 2. The molecule has 0 saturated heterocycles. The Morgan fingerprint density at radius 2 is 2.11 bits per heavy atom. The predicted molar refractivity (Wildman–Crippen MR) is 74.1 cm³/mol. The first kappa shape index (κ1) is 11.3. The van der Waals surface area contributed by atoms with Gasteiger partial charge < -0.3 is 5.11 Å². The molecule has 1 aromatic carbocycles. The Morgan fingerprint density at radius 1 is 1.28 bits per heavy atom. The Labute approximate surface area is 110 Å². The Hall–Kier alpha value is -1.81. The van der Waals surface area contributed by atoms with Crippen LogP contribution in [0.3, 0.4) is 0 Å². The molecule has 0 saturated carbocycles. The lowest BCUT2D eigenvalue weighted by molar-refractivity contribution is 0.294. The smallest absolute Gasteiger partial charge is 0.124 e. The van der Waals surface area contributed by atoms with Crippen LogP contribution in [0.4, 0.5) is 0 Å². The highest BCUT2D eigenvalue weighted by atomic mass is 32.1. The molecule has 1 N–H and O–H groups in total. The van der Waals surface area contributed by atoms with E-state index < -0.39 is 0 Å². The lowest BCUT2D eigenvalue weighted by Crippen LogP contribution is -2.12. The monoisotopic (exact) mass is 258 g/mol. The maximum atomic E-state index is 9.88. The molecular weight excluding hydrogens is 244 g/mol. The van der Waals surface area contributed by atoms with Crippen LogP contribution >= 0.6 is 11.3 Å². The van der Waals surface area contributed by atoms with Crippen molar-refractivity contribution in [1.29, 1.82) is 0 Å². The van der Waals surface area contributed by atoms with Gasteiger partial charge in [0.25, 0.3) is 0 Å². The third-order valence-corrected chi connectivity index (χ3v) is 4.18. The molecule has 1 atom stereocenters. The Kier molecular flexibility index (Phi) is 2.80. The van der Waals surface area contributed by atoms with E-state index in [9.17, 15) is 5.11 Å². The third-order valence-electron chi connectivity index (χ3n) is 3.20. The molecule has 3 rings (SSSR count). The second-order valence-corrected chi connectivity index (χ2v) is 5.35. The van der Waals surface area contributed by atoms with Crippen molar-refractivity contribution >= 4 is 17.0 Å². The van der Waals surface area contributed by atoms with Crippen LogP contribution < -0.4 is 0 Å². The molecule has 0 amide bonds. The van der Waals surface area contributed by atoms with Gasteiger partial charge in [-0.2, -0.15) is 5.10 Å². The first-order chi connectivity index (χ1) is 8.75. The quantitative estimate of drug-likeness (QED) is 0.897. The van der Waals surface area contributed by atoms with Gasteiger partial charge in [0.2, 0.25) is 0 Å². The van der Waals surface area contributed by atoms with Crippen LogP contribution in [0.15, 0.2) is 46.9 Å². The molecule has 0 fully saturated rings. The fourth-order valence-corrected chi connectivity index (χ4v) is 3.13. The van der Waals surface area contributed by atoms with E-state index in [2.05, 4.69) is 22.6 Å². The number of nitrogens with zero attached hydrogens (tertiary/aromatic N) is 2. The molecular formula is C14H14N2OS. The molecule has 18 heavy (non-hydrogen) atoms. The summed E-state index contributed by atoms with van der Waals surface area (Å²) in [6.45, 7) is 0. The van der Waals surface area contributed by atoms with E-state index in [4.69, 9.17) is 0 Å². The predicted octanol–water partition coefficient (Wildman–Crippen LogP) is 3.23. The zero-order valence-electron chi connectivity index (χ0n) is 10.1. The zero-order chi connectivity index (χ0) is 12.5. The van der Waals surface area contributed by atoms with Crippen LogP contribution in [0.2, 0.25) is 0 Å². The maximum absolute atomic E-state index is 9.88. The highest BCUT2D eigenvalue weighted by molar-refractivity contribution is 7.10. The summed E-state index contributed by atoms with van der Waals surface area (Å²) in [6.07, 6.45) is 0.842. The normalized spacial score (nSPS) is 19.1. The average Bonchev–Trinajstić information content (AvgIpc) is 2.98. The van der Waals surface area contributed by atoms with Gasteiger partial charge >= 0.3 is 0 Å². The summed E-state index contributed by atoms with van der Waals surface area (Å²) in [4.78, 5) is 1.31. The van der Waals surface area contributed by atoms with Crippen molar-refractivity contribution in [2.75, 3.05) is 7.05 Å². The van der Waals surface area contributed by atoms with Crippen LogP contribution in [0.5, 0.6) is 5.75 Å². The van der Waals surface area contributed by atoms with Crippen molar-refractivity contribution in [2.24, 2.45) is 5.10 Å². The van der Waals surface area contributed by atoms with E-state index in [0.717, 1.165) is 17.7 Å².